The largest absolute Gasteiger partial charge is 0.350 e. The van der Waals surface area contributed by atoms with Crippen LogP contribution in [0.4, 0.5) is 4.39 Å². The minimum Gasteiger partial charge on any atom is -0.350 e. The molecule has 4 heteroatoms. The van der Waals surface area contributed by atoms with Gasteiger partial charge in [-0.2, -0.15) is 0 Å². The minimum atomic E-state index is -0.292. The number of fused-ring (bicyclic) bond motifs is 1. The first-order valence-corrected chi connectivity index (χ1v) is 10.7. The lowest BCUT2D eigenvalue weighted by atomic mass is 9.87. The zero-order valence-electron chi connectivity index (χ0n) is 17.9. The fraction of sp³-hybridized carbons (Fsp3) is 0.222. The molecular weight excluding hydrogens is 387 g/mol. The van der Waals surface area contributed by atoms with Crippen molar-refractivity contribution in [3.8, 4) is 0 Å². The first-order valence-electron chi connectivity index (χ1n) is 10.7. The Morgan fingerprint density at radius 3 is 2.42 bits per heavy atom. The van der Waals surface area contributed by atoms with Crippen LogP contribution in [0, 0.1) is 5.82 Å². The summed E-state index contributed by atoms with van der Waals surface area (Å²) < 4.78 is 16.3. The maximum atomic E-state index is 14.1. The topological polar surface area (TPSA) is 34.0 Å². The Hall–Kier alpha value is -3.40. The Morgan fingerprint density at radius 1 is 0.968 bits per heavy atom. The van der Waals surface area contributed by atoms with Crippen LogP contribution < -0.4 is 5.32 Å². The number of halogens is 1. The molecule has 0 aliphatic carbocycles. The first kappa shape index (κ1) is 20.9. The van der Waals surface area contributed by atoms with Gasteiger partial charge in [0, 0.05) is 36.0 Å². The van der Waals surface area contributed by atoms with Crippen LogP contribution >= 0.6 is 0 Å². The summed E-state index contributed by atoms with van der Waals surface area (Å²) in [5.41, 5.74) is 4.03. The predicted octanol–water partition coefficient (Wildman–Crippen LogP) is 6.20. The predicted molar refractivity (Wildman–Crippen MR) is 123 cm³/mol. The number of hydrogen-bond acceptors (Lipinski definition) is 1. The van der Waals surface area contributed by atoms with Gasteiger partial charge >= 0.3 is 0 Å². The Bertz CT molecular complexity index is 1180. The summed E-state index contributed by atoms with van der Waals surface area (Å²) in [6.07, 6.45) is 2.35. The molecule has 2 atom stereocenters. The second-order valence-corrected chi connectivity index (χ2v) is 7.90. The molecule has 1 amide bonds. The van der Waals surface area contributed by atoms with Crippen molar-refractivity contribution in [3.63, 3.8) is 0 Å². The number of nitrogens with one attached hydrogen (secondary N) is 1. The van der Waals surface area contributed by atoms with E-state index in [0.29, 0.717) is 0 Å². The molecule has 158 valence electrons. The van der Waals surface area contributed by atoms with Crippen molar-refractivity contribution in [2.45, 2.75) is 38.8 Å². The lowest BCUT2D eigenvalue weighted by molar-refractivity contribution is -0.121. The molecule has 3 nitrogen and oxygen atoms in total. The van der Waals surface area contributed by atoms with E-state index in [1.807, 2.05) is 55.5 Å². The Morgan fingerprint density at radius 2 is 1.68 bits per heavy atom. The zero-order chi connectivity index (χ0) is 21.8. The molecule has 0 bridgehead atoms. The van der Waals surface area contributed by atoms with E-state index in [4.69, 9.17) is 0 Å². The second kappa shape index (κ2) is 9.17. The van der Waals surface area contributed by atoms with Crippen LogP contribution in [0.5, 0.6) is 0 Å². The van der Waals surface area contributed by atoms with E-state index >= 15 is 0 Å². The van der Waals surface area contributed by atoms with E-state index in [1.165, 1.54) is 12.1 Å². The molecule has 0 spiro atoms. The number of nitrogens with zero attached hydrogens (tertiary/aromatic N) is 1. The van der Waals surface area contributed by atoms with Gasteiger partial charge in [-0.1, -0.05) is 60.7 Å². The second-order valence-electron chi connectivity index (χ2n) is 7.90. The molecule has 31 heavy (non-hydrogen) atoms. The van der Waals surface area contributed by atoms with Gasteiger partial charge in [-0.05, 0) is 48.7 Å². The van der Waals surface area contributed by atoms with Gasteiger partial charge in [0.05, 0.1) is 6.04 Å². The molecule has 4 aromatic rings. The van der Waals surface area contributed by atoms with Crippen LogP contribution in [-0.4, -0.2) is 10.5 Å². The van der Waals surface area contributed by atoms with Gasteiger partial charge < -0.3 is 9.88 Å². The Kier molecular flexibility index (Phi) is 6.17. The van der Waals surface area contributed by atoms with Crippen LogP contribution in [0.15, 0.2) is 85.1 Å². The number of hydrogen-bond donors (Lipinski definition) is 1. The summed E-state index contributed by atoms with van der Waals surface area (Å²) in [4.78, 5) is 13.1. The third kappa shape index (κ3) is 4.53. The van der Waals surface area contributed by atoms with E-state index in [-0.39, 0.29) is 30.1 Å². The Balaban J connectivity index is 1.69. The molecule has 0 radical (unpaired) electrons. The van der Waals surface area contributed by atoms with Crippen LogP contribution in [-0.2, 0) is 11.3 Å². The number of aromatic nitrogens is 1. The molecule has 0 aliphatic rings. The molecule has 1 N–H and O–H groups in total. The summed E-state index contributed by atoms with van der Waals surface area (Å²) in [6.45, 7) is 4.91. The van der Waals surface area contributed by atoms with Crippen LogP contribution in [0.25, 0.3) is 10.9 Å². The van der Waals surface area contributed by atoms with Crippen molar-refractivity contribution < 1.29 is 9.18 Å². The van der Waals surface area contributed by atoms with Crippen molar-refractivity contribution in [2.24, 2.45) is 0 Å². The highest BCUT2D eigenvalue weighted by Gasteiger charge is 2.23. The van der Waals surface area contributed by atoms with E-state index < -0.39 is 0 Å². The molecular formula is C27H27FN2O. The number of para-hydroxylation sites is 1. The van der Waals surface area contributed by atoms with Crippen LogP contribution in [0.2, 0.25) is 0 Å². The Labute approximate surface area is 182 Å². The number of aryl methyl sites for hydroxylation is 1. The zero-order valence-corrected chi connectivity index (χ0v) is 17.9. The molecule has 0 aliphatic heterocycles. The summed E-state index contributed by atoms with van der Waals surface area (Å²) in [7, 11) is 0. The van der Waals surface area contributed by atoms with Gasteiger partial charge in [0.15, 0.2) is 0 Å². The fourth-order valence-corrected chi connectivity index (χ4v) is 4.26. The van der Waals surface area contributed by atoms with E-state index in [1.54, 1.807) is 6.07 Å². The highest BCUT2D eigenvalue weighted by atomic mass is 19.1. The molecule has 0 fully saturated rings. The van der Waals surface area contributed by atoms with Gasteiger partial charge in [-0.3, -0.25) is 4.79 Å². The summed E-state index contributed by atoms with van der Waals surface area (Å²) in [5.74, 6) is -0.588. The summed E-state index contributed by atoms with van der Waals surface area (Å²) in [5, 5.41) is 4.21. The highest BCUT2D eigenvalue weighted by molar-refractivity contribution is 5.86. The van der Waals surface area contributed by atoms with Gasteiger partial charge in [0.2, 0.25) is 5.91 Å². The number of benzene rings is 3. The molecule has 1 aromatic heterocycles. The van der Waals surface area contributed by atoms with Crippen LogP contribution in [0.1, 0.15) is 48.9 Å². The first-order chi connectivity index (χ1) is 15.1. The van der Waals surface area contributed by atoms with Crippen molar-refractivity contribution in [2.75, 3.05) is 0 Å². The number of amides is 1. The van der Waals surface area contributed by atoms with Crippen molar-refractivity contribution in [3.05, 3.63) is 108 Å². The molecule has 3 aromatic carbocycles. The number of carbonyl (C=O) groups is 1. The molecule has 0 saturated heterocycles. The van der Waals surface area contributed by atoms with Crippen molar-refractivity contribution in [1.29, 1.82) is 0 Å². The van der Waals surface area contributed by atoms with Gasteiger partial charge in [-0.25, -0.2) is 4.39 Å². The van der Waals surface area contributed by atoms with Crippen molar-refractivity contribution in [1.82, 2.24) is 9.88 Å². The van der Waals surface area contributed by atoms with E-state index in [9.17, 15) is 9.18 Å². The minimum absolute atomic E-state index is 0.0565. The number of carbonyl (C=O) groups excluding carboxylic acids is 1. The maximum Gasteiger partial charge on any atom is 0.221 e. The molecule has 0 unspecified atom stereocenters. The van der Waals surface area contributed by atoms with Crippen LogP contribution in [0.3, 0.4) is 0 Å². The van der Waals surface area contributed by atoms with Gasteiger partial charge in [-0.15, -0.1) is 0 Å². The molecule has 1 heterocycles. The number of rotatable bonds is 7. The maximum absolute atomic E-state index is 14.1. The smallest absolute Gasteiger partial charge is 0.221 e. The average Bonchev–Trinajstić information content (AvgIpc) is 3.16. The quantitative estimate of drug-likeness (QED) is 0.384. The van der Waals surface area contributed by atoms with E-state index in [0.717, 1.165) is 34.1 Å². The van der Waals surface area contributed by atoms with E-state index in [2.05, 4.69) is 35.1 Å². The third-order valence-electron chi connectivity index (χ3n) is 5.85. The lowest BCUT2D eigenvalue weighted by Gasteiger charge is -2.20. The van der Waals surface area contributed by atoms with Crippen molar-refractivity contribution >= 4 is 16.8 Å². The monoisotopic (exact) mass is 414 g/mol. The van der Waals surface area contributed by atoms with Gasteiger partial charge in [0.25, 0.3) is 0 Å². The summed E-state index contributed by atoms with van der Waals surface area (Å²) >= 11 is 0. The molecule has 0 saturated carbocycles. The highest BCUT2D eigenvalue weighted by Crippen LogP contribution is 2.35. The fourth-order valence-electron chi connectivity index (χ4n) is 4.26. The SMILES string of the molecule is CCn1cc([C@@H](CC(=O)N[C@@H](C)c2ccccc2)c2cccc(F)c2)c2ccccc21. The third-order valence-corrected chi connectivity index (χ3v) is 5.85. The normalized spacial score (nSPS) is 13.1. The molecule has 4 rings (SSSR count). The average molecular weight is 415 g/mol. The summed E-state index contributed by atoms with van der Waals surface area (Å²) in [6, 6.07) is 24.6. The lowest BCUT2D eigenvalue weighted by Crippen LogP contribution is -2.28. The van der Waals surface area contributed by atoms with Gasteiger partial charge in [0.1, 0.15) is 5.82 Å². The standard InChI is InChI=1S/C27H27FN2O/c1-3-30-18-25(23-14-7-8-15-26(23)30)24(21-12-9-13-22(28)16-21)17-27(31)29-19(2)20-10-5-4-6-11-20/h4-16,18-19,24H,3,17H2,1-2H3,(H,29,31)/t19-,24-/m0/s1.